The van der Waals surface area contributed by atoms with Crippen molar-refractivity contribution in [1.29, 1.82) is 0 Å². The molecule has 0 unspecified atom stereocenters. The molecule has 24 heavy (non-hydrogen) atoms. The number of aromatic nitrogens is 3. The summed E-state index contributed by atoms with van der Waals surface area (Å²) in [6.45, 7) is 0.723. The SMILES string of the molecule is O=C(Nc1ncn(C2CCCCC2)n1)N1CCC[C@@H]1c1ccco1. The molecule has 128 valence electrons. The van der Waals surface area contributed by atoms with Crippen LogP contribution in [0.1, 0.15) is 62.8 Å². The number of nitrogens with one attached hydrogen (secondary N) is 1. The lowest BCUT2D eigenvalue weighted by Gasteiger charge is -2.23. The van der Waals surface area contributed by atoms with E-state index in [1.54, 1.807) is 17.5 Å². The Morgan fingerprint density at radius 2 is 2.08 bits per heavy atom. The maximum atomic E-state index is 12.6. The summed E-state index contributed by atoms with van der Waals surface area (Å²) < 4.78 is 7.38. The third-order valence-electron chi connectivity index (χ3n) is 5.06. The second-order valence-electron chi connectivity index (χ2n) is 6.64. The quantitative estimate of drug-likeness (QED) is 0.930. The molecule has 0 bridgehead atoms. The summed E-state index contributed by atoms with van der Waals surface area (Å²) >= 11 is 0. The van der Waals surface area contributed by atoms with Gasteiger partial charge in [0.2, 0.25) is 5.95 Å². The number of carbonyl (C=O) groups excluding carboxylic acids is 1. The van der Waals surface area contributed by atoms with E-state index in [9.17, 15) is 4.79 Å². The van der Waals surface area contributed by atoms with E-state index < -0.39 is 0 Å². The van der Waals surface area contributed by atoms with Crippen LogP contribution in [0.4, 0.5) is 10.7 Å². The van der Waals surface area contributed by atoms with Crippen molar-refractivity contribution in [1.82, 2.24) is 19.7 Å². The van der Waals surface area contributed by atoms with Gasteiger partial charge >= 0.3 is 6.03 Å². The van der Waals surface area contributed by atoms with Gasteiger partial charge in [-0.3, -0.25) is 5.32 Å². The van der Waals surface area contributed by atoms with Crippen molar-refractivity contribution in [3.05, 3.63) is 30.5 Å². The van der Waals surface area contributed by atoms with Gasteiger partial charge in [0.1, 0.15) is 12.1 Å². The summed E-state index contributed by atoms with van der Waals surface area (Å²) in [5, 5.41) is 7.29. The zero-order valence-electron chi connectivity index (χ0n) is 13.7. The third kappa shape index (κ3) is 3.02. The van der Waals surface area contributed by atoms with Gasteiger partial charge < -0.3 is 9.32 Å². The van der Waals surface area contributed by atoms with E-state index in [1.807, 2.05) is 16.8 Å². The number of furan rings is 1. The number of likely N-dealkylation sites (tertiary alicyclic amines) is 1. The molecular formula is C17H23N5O2. The molecule has 1 atom stereocenters. The smallest absolute Gasteiger partial charge is 0.324 e. The Morgan fingerprint density at radius 3 is 2.88 bits per heavy atom. The Bertz CT molecular complexity index is 675. The van der Waals surface area contributed by atoms with Crippen LogP contribution in [0.25, 0.3) is 0 Å². The Kier molecular flexibility index (Phi) is 4.23. The molecule has 2 aromatic rings. The van der Waals surface area contributed by atoms with Crippen LogP contribution in [0.3, 0.4) is 0 Å². The summed E-state index contributed by atoms with van der Waals surface area (Å²) in [5.74, 6) is 1.22. The summed E-state index contributed by atoms with van der Waals surface area (Å²) in [4.78, 5) is 18.7. The molecule has 1 aliphatic heterocycles. The minimum atomic E-state index is -0.157. The fourth-order valence-corrected chi connectivity index (χ4v) is 3.81. The molecule has 3 heterocycles. The maximum Gasteiger partial charge on any atom is 0.324 e. The molecule has 1 saturated heterocycles. The largest absolute Gasteiger partial charge is 0.467 e. The van der Waals surface area contributed by atoms with Gasteiger partial charge in [0.05, 0.1) is 18.3 Å². The van der Waals surface area contributed by atoms with Crippen molar-refractivity contribution in [2.24, 2.45) is 0 Å². The van der Waals surface area contributed by atoms with E-state index in [4.69, 9.17) is 4.42 Å². The standard InChI is InChI=1S/C17H23N5O2/c23-17(21-10-4-8-14(21)15-9-5-11-24-15)19-16-18-12-22(20-16)13-6-2-1-3-7-13/h5,9,11-14H,1-4,6-8,10H2,(H,19,20,23)/t14-/m1/s1. The summed E-state index contributed by atoms with van der Waals surface area (Å²) in [6.07, 6.45) is 11.4. The highest BCUT2D eigenvalue weighted by atomic mass is 16.3. The van der Waals surface area contributed by atoms with Gasteiger partial charge in [-0.1, -0.05) is 19.3 Å². The van der Waals surface area contributed by atoms with Crippen molar-refractivity contribution in [2.75, 3.05) is 11.9 Å². The summed E-state index contributed by atoms with van der Waals surface area (Å²) in [6, 6.07) is 4.04. The molecule has 0 spiro atoms. The Hall–Kier alpha value is -2.31. The number of nitrogens with zero attached hydrogens (tertiary/aromatic N) is 4. The summed E-state index contributed by atoms with van der Waals surface area (Å²) in [5.41, 5.74) is 0. The highest BCUT2D eigenvalue weighted by Gasteiger charge is 2.32. The van der Waals surface area contributed by atoms with E-state index in [0.717, 1.165) is 38.0 Å². The Labute approximate surface area is 141 Å². The van der Waals surface area contributed by atoms with Gasteiger partial charge in [-0.2, -0.15) is 0 Å². The molecule has 0 radical (unpaired) electrons. The number of rotatable bonds is 3. The first kappa shape index (κ1) is 15.2. The fraction of sp³-hybridized carbons (Fsp3) is 0.588. The average molecular weight is 329 g/mol. The van der Waals surface area contributed by atoms with Gasteiger partial charge in [0, 0.05) is 6.54 Å². The minimum absolute atomic E-state index is 0.000398. The molecule has 2 aromatic heterocycles. The highest BCUT2D eigenvalue weighted by Crippen LogP contribution is 2.32. The Balaban J connectivity index is 1.41. The van der Waals surface area contributed by atoms with Gasteiger partial charge in [0.15, 0.2) is 0 Å². The molecule has 2 fully saturated rings. The third-order valence-corrected chi connectivity index (χ3v) is 5.06. The number of anilines is 1. The highest BCUT2D eigenvalue weighted by molar-refractivity contribution is 5.87. The Morgan fingerprint density at radius 1 is 1.21 bits per heavy atom. The molecular weight excluding hydrogens is 306 g/mol. The monoisotopic (exact) mass is 329 g/mol. The molecule has 1 saturated carbocycles. The van der Waals surface area contributed by atoms with Gasteiger partial charge in [-0.15, -0.1) is 5.10 Å². The lowest BCUT2D eigenvalue weighted by Crippen LogP contribution is -2.34. The van der Waals surface area contributed by atoms with Crippen LogP contribution in [0, 0.1) is 0 Å². The van der Waals surface area contributed by atoms with Gasteiger partial charge in [-0.25, -0.2) is 14.5 Å². The normalized spacial score (nSPS) is 22.0. The van der Waals surface area contributed by atoms with E-state index >= 15 is 0 Å². The first-order chi connectivity index (χ1) is 11.8. The van der Waals surface area contributed by atoms with Crippen molar-refractivity contribution >= 4 is 12.0 Å². The van der Waals surface area contributed by atoms with E-state index in [1.165, 1.54) is 19.3 Å². The number of hydrogen-bond acceptors (Lipinski definition) is 4. The first-order valence-electron chi connectivity index (χ1n) is 8.83. The lowest BCUT2D eigenvalue weighted by molar-refractivity contribution is 0.199. The number of amides is 2. The molecule has 1 aliphatic carbocycles. The fourth-order valence-electron chi connectivity index (χ4n) is 3.81. The average Bonchev–Trinajstić information content (AvgIpc) is 3.36. The molecule has 2 amide bonds. The van der Waals surface area contributed by atoms with Crippen molar-refractivity contribution < 1.29 is 9.21 Å². The number of hydrogen-bond donors (Lipinski definition) is 1. The molecule has 7 heteroatoms. The number of carbonyl (C=O) groups is 1. The lowest BCUT2D eigenvalue weighted by atomic mass is 9.96. The summed E-state index contributed by atoms with van der Waals surface area (Å²) in [7, 11) is 0. The van der Waals surface area contributed by atoms with Crippen molar-refractivity contribution in [3.8, 4) is 0 Å². The number of urea groups is 1. The second kappa shape index (κ2) is 6.67. The van der Waals surface area contributed by atoms with E-state index in [0.29, 0.717) is 12.0 Å². The van der Waals surface area contributed by atoms with Crippen LogP contribution in [-0.2, 0) is 0 Å². The zero-order valence-corrected chi connectivity index (χ0v) is 13.7. The minimum Gasteiger partial charge on any atom is -0.467 e. The molecule has 0 aromatic carbocycles. The molecule has 7 nitrogen and oxygen atoms in total. The van der Waals surface area contributed by atoms with Crippen molar-refractivity contribution in [2.45, 2.75) is 57.0 Å². The zero-order chi connectivity index (χ0) is 16.4. The van der Waals surface area contributed by atoms with Crippen LogP contribution in [-0.4, -0.2) is 32.2 Å². The predicted octanol–water partition coefficient (Wildman–Crippen LogP) is 3.75. The van der Waals surface area contributed by atoms with Crippen LogP contribution in [0.2, 0.25) is 0 Å². The van der Waals surface area contributed by atoms with Crippen LogP contribution in [0.5, 0.6) is 0 Å². The van der Waals surface area contributed by atoms with Crippen LogP contribution < -0.4 is 5.32 Å². The molecule has 1 N–H and O–H groups in total. The van der Waals surface area contributed by atoms with Crippen LogP contribution >= 0.6 is 0 Å². The predicted molar refractivity (Wildman–Crippen MR) is 88.6 cm³/mol. The molecule has 4 rings (SSSR count). The first-order valence-corrected chi connectivity index (χ1v) is 8.83. The second-order valence-corrected chi connectivity index (χ2v) is 6.64. The topological polar surface area (TPSA) is 76.2 Å². The van der Waals surface area contributed by atoms with E-state index in [2.05, 4.69) is 15.4 Å². The van der Waals surface area contributed by atoms with Gasteiger partial charge in [0.25, 0.3) is 0 Å². The van der Waals surface area contributed by atoms with E-state index in [-0.39, 0.29) is 12.1 Å². The maximum absolute atomic E-state index is 12.6. The van der Waals surface area contributed by atoms with Crippen molar-refractivity contribution in [3.63, 3.8) is 0 Å². The van der Waals surface area contributed by atoms with Crippen LogP contribution in [0.15, 0.2) is 29.1 Å². The van der Waals surface area contributed by atoms with Gasteiger partial charge in [-0.05, 0) is 37.8 Å². The molecule has 2 aliphatic rings.